The smallest absolute Gasteiger partial charge is 0.123 e. The van der Waals surface area contributed by atoms with E-state index in [9.17, 15) is 5.11 Å². The van der Waals surface area contributed by atoms with Crippen molar-refractivity contribution in [2.45, 2.75) is 25.9 Å². The van der Waals surface area contributed by atoms with Gasteiger partial charge in [0.1, 0.15) is 5.01 Å². The fourth-order valence-corrected chi connectivity index (χ4v) is 3.70. The molecule has 20 heavy (non-hydrogen) atoms. The minimum atomic E-state index is 0.247. The largest absolute Gasteiger partial charge is 0.395 e. The van der Waals surface area contributed by atoms with Crippen LogP contribution >= 0.6 is 11.3 Å². The molecular weight excluding hydrogens is 268 g/mol. The van der Waals surface area contributed by atoms with E-state index in [-0.39, 0.29) is 12.6 Å². The Kier molecular flexibility index (Phi) is 4.15. The third-order valence-corrected chi connectivity index (χ3v) is 5.06. The average molecular weight is 288 g/mol. The summed E-state index contributed by atoms with van der Waals surface area (Å²) in [4.78, 5) is 7.09. The lowest BCUT2D eigenvalue weighted by Crippen LogP contribution is -2.34. The molecule has 0 bridgehead atoms. The van der Waals surface area contributed by atoms with Crippen LogP contribution in [-0.2, 0) is 6.54 Å². The maximum absolute atomic E-state index is 9.51. The van der Waals surface area contributed by atoms with Crippen molar-refractivity contribution in [1.29, 1.82) is 0 Å². The van der Waals surface area contributed by atoms with Gasteiger partial charge in [0, 0.05) is 23.5 Å². The molecule has 1 aliphatic rings. The molecule has 2 unspecified atom stereocenters. The molecule has 0 aliphatic carbocycles. The lowest BCUT2D eigenvalue weighted by Gasteiger charge is -2.23. The zero-order valence-electron chi connectivity index (χ0n) is 11.7. The molecule has 1 aliphatic heterocycles. The number of likely N-dealkylation sites (tertiary alicyclic amines) is 1. The second-order valence-electron chi connectivity index (χ2n) is 5.50. The highest BCUT2D eigenvalue weighted by molar-refractivity contribution is 7.13. The van der Waals surface area contributed by atoms with Gasteiger partial charge in [0.25, 0.3) is 0 Å². The monoisotopic (exact) mass is 288 g/mol. The number of hydrogen-bond donors (Lipinski definition) is 1. The van der Waals surface area contributed by atoms with E-state index < -0.39 is 0 Å². The molecular formula is C16H20N2OS. The molecule has 2 aromatic rings. The van der Waals surface area contributed by atoms with Gasteiger partial charge in [0.15, 0.2) is 0 Å². The Bertz CT molecular complexity index is 555. The van der Waals surface area contributed by atoms with E-state index in [1.54, 1.807) is 11.3 Å². The Hall–Kier alpha value is -1.23. The second-order valence-corrected chi connectivity index (χ2v) is 6.35. The molecule has 4 heteroatoms. The molecule has 106 valence electrons. The SMILES string of the molecule is CC1CCN(Cc2csc(-c3ccccc3)n2)C1CO. The molecule has 3 rings (SSSR count). The van der Waals surface area contributed by atoms with E-state index in [0.717, 1.165) is 23.8 Å². The highest BCUT2D eigenvalue weighted by Crippen LogP contribution is 2.28. The summed E-state index contributed by atoms with van der Waals surface area (Å²) in [5.41, 5.74) is 2.29. The first-order chi connectivity index (χ1) is 9.78. The minimum absolute atomic E-state index is 0.247. The van der Waals surface area contributed by atoms with Gasteiger partial charge in [0.2, 0.25) is 0 Å². The van der Waals surface area contributed by atoms with Crippen LogP contribution in [0.1, 0.15) is 19.0 Å². The van der Waals surface area contributed by atoms with Gasteiger partial charge >= 0.3 is 0 Å². The first-order valence-corrected chi connectivity index (χ1v) is 8.00. The highest BCUT2D eigenvalue weighted by Gasteiger charge is 2.30. The quantitative estimate of drug-likeness (QED) is 0.939. The number of nitrogens with zero attached hydrogens (tertiary/aromatic N) is 2. The standard InChI is InChI=1S/C16H20N2OS/c1-12-7-8-18(15(12)10-19)9-14-11-20-16(17-14)13-5-3-2-4-6-13/h2-6,11-12,15,19H,7-10H2,1H3. The van der Waals surface area contributed by atoms with E-state index in [2.05, 4.69) is 29.3 Å². The number of thiazole rings is 1. The van der Waals surface area contributed by atoms with Crippen molar-refractivity contribution >= 4 is 11.3 Å². The number of aromatic nitrogens is 1. The van der Waals surface area contributed by atoms with Gasteiger partial charge < -0.3 is 5.11 Å². The van der Waals surface area contributed by atoms with Crippen LogP contribution in [0, 0.1) is 5.92 Å². The molecule has 3 nitrogen and oxygen atoms in total. The van der Waals surface area contributed by atoms with Crippen LogP contribution < -0.4 is 0 Å². The number of rotatable bonds is 4. The molecule has 0 saturated carbocycles. The van der Waals surface area contributed by atoms with Gasteiger partial charge in [-0.05, 0) is 18.9 Å². The number of benzene rings is 1. The number of aliphatic hydroxyl groups excluding tert-OH is 1. The predicted molar refractivity (Wildman–Crippen MR) is 82.6 cm³/mol. The van der Waals surface area contributed by atoms with Crippen molar-refractivity contribution in [2.75, 3.05) is 13.2 Å². The van der Waals surface area contributed by atoms with Gasteiger partial charge in [-0.3, -0.25) is 4.90 Å². The Labute approximate surface area is 123 Å². The Balaban J connectivity index is 1.72. The molecule has 0 amide bonds. The van der Waals surface area contributed by atoms with Crippen molar-refractivity contribution < 1.29 is 5.11 Å². The first-order valence-electron chi connectivity index (χ1n) is 7.12. The predicted octanol–water partition coefficient (Wildman–Crippen LogP) is 3.01. The molecule has 1 fully saturated rings. The normalized spacial score (nSPS) is 23.3. The van der Waals surface area contributed by atoms with Crippen molar-refractivity contribution in [2.24, 2.45) is 5.92 Å². The summed E-state index contributed by atoms with van der Waals surface area (Å²) in [6.07, 6.45) is 1.17. The van der Waals surface area contributed by atoms with Crippen LogP contribution in [0.5, 0.6) is 0 Å². The topological polar surface area (TPSA) is 36.4 Å². The van der Waals surface area contributed by atoms with Gasteiger partial charge in [-0.1, -0.05) is 37.3 Å². The van der Waals surface area contributed by atoms with Crippen LogP contribution in [0.2, 0.25) is 0 Å². The van der Waals surface area contributed by atoms with Gasteiger partial charge in [-0.2, -0.15) is 0 Å². The fraction of sp³-hybridized carbons (Fsp3) is 0.438. The van der Waals surface area contributed by atoms with Crippen LogP contribution in [0.4, 0.5) is 0 Å². The van der Waals surface area contributed by atoms with Crippen LogP contribution in [-0.4, -0.2) is 34.2 Å². The molecule has 1 aromatic carbocycles. The van der Waals surface area contributed by atoms with E-state index in [4.69, 9.17) is 4.98 Å². The molecule has 1 aromatic heterocycles. The maximum atomic E-state index is 9.51. The third kappa shape index (κ3) is 2.77. The van der Waals surface area contributed by atoms with E-state index in [1.165, 1.54) is 12.0 Å². The average Bonchev–Trinajstić information content (AvgIpc) is 3.08. The summed E-state index contributed by atoms with van der Waals surface area (Å²) in [6.45, 7) is 4.37. The summed E-state index contributed by atoms with van der Waals surface area (Å²) >= 11 is 1.70. The van der Waals surface area contributed by atoms with Crippen LogP contribution in [0.25, 0.3) is 10.6 Å². The summed E-state index contributed by atoms with van der Waals surface area (Å²) in [7, 11) is 0. The van der Waals surface area contributed by atoms with E-state index in [1.807, 2.05) is 18.2 Å². The van der Waals surface area contributed by atoms with Crippen molar-refractivity contribution in [1.82, 2.24) is 9.88 Å². The Morgan fingerprint density at radius 1 is 1.35 bits per heavy atom. The zero-order valence-corrected chi connectivity index (χ0v) is 12.5. The fourth-order valence-electron chi connectivity index (χ4n) is 2.88. The van der Waals surface area contributed by atoms with Gasteiger partial charge in [-0.15, -0.1) is 11.3 Å². The lowest BCUT2D eigenvalue weighted by atomic mass is 10.0. The van der Waals surface area contributed by atoms with E-state index >= 15 is 0 Å². The Morgan fingerprint density at radius 3 is 2.90 bits per heavy atom. The summed E-state index contributed by atoms with van der Waals surface area (Å²) in [5.74, 6) is 0.576. The highest BCUT2D eigenvalue weighted by atomic mass is 32.1. The third-order valence-electron chi connectivity index (χ3n) is 4.12. The minimum Gasteiger partial charge on any atom is -0.395 e. The lowest BCUT2D eigenvalue weighted by molar-refractivity contribution is 0.133. The molecule has 0 radical (unpaired) electrons. The molecule has 1 N–H and O–H groups in total. The maximum Gasteiger partial charge on any atom is 0.123 e. The van der Waals surface area contributed by atoms with Gasteiger partial charge in [0.05, 0.1) is 12.3 Å². The first kappa shape index (κ1) is 13.7. The van der Waals surface area contributed by atoms with Crippen molar-refractivity contribution in [3.05, 3.63) is 41.4 Å². The summed E-state index contributed by atoms with van der Waals surface area (Å²) in [6, 6.07) is 10.6. The summed E-state index contributed by atoms with van der Waals surface area (Å²) < 4.78 is 0. The van der Waals surface area contributed by atoms with E-state index in [0.29, 0.717) is 5.92 Å². The van der Waals surface area contributed by atoms with Gasteiger partial charge in [-0.25, -0.2) is 4.98 Å². The molecule has 2 atom stereocenters. The van der Waals surface area contributed by atoms with Crippen molar-refractivity contribution in [3.63, 3.8) is 0 Å². The molecule has 1 saturated heterocycles. The molecule has 2 heterocycles. The van der Waals surface area contributed by atoms with Crippen LogP contribution in [0.15, 0.2) is 35.7 Å². The zero-order chi connectivity index (χ0) is 13.9. The van der Waals surface area contributed by atoms with Crippen LogP contribution in [0.3, 0.4) is 0 Å². The molecule has 0 spiro atoms. The van der Waals surface area contributed by atoms with Crippen molar-refractivity contribution in [3.8, 4) is 10.6 Å². The Morgan fingerprint density at radius 2 is 2.15 bits per heavy atom. The summed E-state index contributed by atoms with van der Waals surface area (Å²) in [5, 5.41) is 12.7. The number of aliphatic hydroxyl groups is 1. The number of hydrogen-bond acceptors (Lipinski definition) is 4. The second kappa shape index (κ2) is 6.04.